The van der Waals surface area contributed by atoms with Gasteiger partial charge in [-0.1, -0.05) is 52.9 Å². The number of carbonyl (C=O) groups excluding carboxylic acids is 1. The Labute approximate surface area is 110 Å². The largest absolute Gasteiger partial charge is 0.336 e. The zero-order valence-corrected chi connectivity index (χ0v) is 11.6. The average Bonchev–Trinajstić information content (AvgIpc) is 2.71. The van der Waals surface area contributed by atoms with Gasteiger partial charge in [0, 0.05) is 17.4 Å². The van der Waals surface area contributed by atoms with Crippen molar-refractivity contribution in [3.05, 3.63) is 35.9 Å². The fourth-order valence-electron chi connectivity index (χ4n) is 2.20. The molecule has 1 saturated heterocycles. The van der Waals surface area contributed by atoms with Gasteiger partial charge in [-0.3, -0.25) is 4.79 Å². The van der Waals surface area contributed by atoms with Crippen LogP contribution in [-0.4, -0.2) is 21.8 Å². The third-order valence-electron chi connectivity index (χ3n) is 3.21. The van der Waals surface area contributed by atoms with Crippen LogP contribution in [0.4, 0.5) is 0 Å². The van der Waals surface area contributed by atoms with Crippen molar-refractivity contribution in [2.45, 2.75) is 19.4 Å². The minimum absolute atomic E-state index is 0.210. The van der Waals surface area contributed by atoms with Gasteiger partial charge in [-0.2, -0.15) is 0 Å². The summed E-state index contributed by atoms with van der Waals surface area (Å²) in [4.78, 5) is 13.9. The third-order valence-corrected chi connectivity index (χ3v) is 4.45. The van der Waals surface area contributed by atoms with Crippen LogP contribution in [0.15, 0.2) is 30.3 Å². The Balaban J connectivity index is 2.11. The Kier molecular flexibility index (Phi) is 3.84. The summed E-state index contributed by atoms with van der Waals surface area (Å²) in [5.41, 5.74) is 1.23. The number of nitrogens with zero attached hydrogens (tertiary/aromatic N) is 1. The minimum Gasteiger partial charge on any atom is -0.336 e. The number of hydrogen-bond acceptors (Lipinski definition) is 1. The molecule has 0 bridgehead atoms. The van der Waals surface area contributed by atoms with Crippen molar-refractivity contribution in [1.82, 2.24) is 4.90 Å². The molecule has 0 spiro atoms. The van der Waals surface area contributed by atoms with Gasteiger partial charge in [-0.05, 0) is 18.4 Å². The predicted molar refractivity (Wildman–Crippen MR) is 73.6 cm³/mol. The quantitative estimate of drug-likeness (QED) is 0.617. The number of rotatable bonds is 3. The number of carbonyl (C=O) groups is 1. The molecule has 1 unspecified atom stereocenters. The van der Waals surface area contributed by atoms with Gasteiger partial charge >= 0.3 is 0 Å². The van der Waals surface area contributed by atoms with Crippen LogP contribution in [0.25, 0.3) is 0 Å². The van der Waals surface area contributed by atoms with Crippen LogP contribution in [0.3, 0.4) is 0 Å². The van der Waals surface area contributed by atoms with Crippen molar-refractivity contribution < 1.29 is 4.79 Å². The predicted octanol–water partition coefficient (Wildman–Crippen LogP) is 3.03. The molecule has 0 aliphatic carbocycles. The normalized spacial score (nSPS) is 22.5. The lowest BCUT2D eigenvalue weighted by atomic mass is 10.1. The molecule has 0 radical (unpaired) electrons. The summed E-state index contributed by atoms with van der Waals surface area (Å²) >= 11 is 2.37. The van der Waals surface area contributed by atoms with E-state index >= 15 is 0 Å². The van der Waals surface area contributed by atoms with Gasteiger partial charge in [0.2, 0.25) is 5.91 Å². The molecular formula is C13H16INO. The van der Waals surface area contributed by atoms with Gasteiger partial charge in [-0.25, -0.2) is 0 Å². The molecule has 0 N–H and O–H groups in total. The number of hydrogen-bond donors (Lipinski definition) is 0. The molecule has 86 valence electrons. The lowest BCUT2D eigenvalue weighted by Crippen LogP contribution is -2.28. The monoisotopic (exact) mass is 329 g/mol. The van der Waals surface area contributed by atoms with Crippen LogP contribution in [0.1, 0.15) is 24.9 Å². The molecule has 1 aromatic carbocycles. The van der Waals surface area contributed by atoms with Crippen LogP contribution in [0.5, 0.6) is 0 Å². The zero-order valence-electron chi connectivity index (χ0n) is 9.40. The van der Waals surface area contributed by atoms with E-state index in [1.807, 2.05) is 23.1 Å². The van der Waals surface area contributed by atoms with E-state index in [1.54, 1.807) is 0 Å². The molecule has 1 heterocycles. The first kappa shape index (κ1) is 11.9. The number of amides is 1. The van der Waals surface area contributed by atoms with Crippen LogP contribution in [-0.2, 0) is 4.79 Å². The number of benzene rings is 1. The smallest absolute Gasteiger partial charge is 0.223 e. The Morgan fingerprint density at radius 2 is 2.12 bits per heavy atom. The summed E-state index contributed by atoms with van der Waals surface area (Å²) in [7, 11) is 0. The highest BCUT2D eigenvalue weighted by molar-refractivity contribution is 14.1. The summed E-state index contributed by atoms with van der Waals surface area (Å²) in [6.07, 6.45) is 0.722. The molecule has 2 nitrogen and oxygen atoms in total. The maximum absolute atomic E-state index is 11.9. The standard InChI is InChI=1S/C13H16INO/c1-10(12-5-3-2-4-6-12)15-9-11(8-14)7-13(15)16/h2-6,10-11H,7-9H2,1H3/t10?,11-/m1/s1. The van der Waals surface area contributed by atoms with E-state index < -0.39 is 0 Å². The van der Waals surface area contributed by atoms with Gasteiger partial charge in [0.1, 0.15) is 0 Å². The highest BCUT2D eigenvalue weighted by Gasteiger charge is 2.32. The number of halogens is 1. The van der Waals surface area contributed by atoms with Gasteiger partial charge in [0.05, 0.1) is 6.04 Å². The first-order valence-corrected chi connectivity index (χ1v) is 7.15. The first-order chi connectivity index (χ1) is 7.72. The van der Waals surface area contributed by atoms with Crippen LogP contribution in [0, 0.1) is 5.92 Å². The minimum atomic E-state index is 0.210. The fourth-order valence-corrected chi connectivity index (χ4v) is 2.79. The van der Waals surface area contributed by atoms with Gasteiger partial charge in [-0.15, -0.1) is 0 Å². The highest BCUT2D eigenvalue weighted by Crippen LogP contribution is 2.28. The Morgan fingerprint density at radius 3 is 2.69 bits per heavy atom. The van der Waals surface area contributed by atoms with Crippen LogP contribution < -0.4 is 0 Å². The molecule has 1 amide bonds. The lowest BCUT2D eigenvalue weighted by Gasteiger charge is -2.25. The topological polar surface area (TPSA) is 20.3 Å². The molecule has 1 aromatic rings. The zero-order chi connectivity index (χ0) is 11.5. The highest BCUT2D eigenvalue weighted by atomic mass is 127. The van der Waals surface area contributed by atoms with Crippen molar-refractivity contribution in [2.24, 2.45) is 5.92 Å². The Hall–Kier alpha value is -0.580. The van der Waals surface area contributed by atoms with E-state index in [-0.39, 0.29) is 6.04 Å². The first-order valence-electron chi connectivity index (χ1n) is 5.62. The maximum Gasteiger partial charge on any atom is 0.223 e. The number of alkyl halides is 1. The molecule has 2 rings (SSSR count). The van der Waals surface area contributed by atoms with E-state index in [4.69, 9.17) is 0 Å². The SMILES string of the molecule is CC(c1ccccc1)N1C[C@@H](CI)CC1=O. The van der Waals surface area contributed by atoms with E-state index in [2.05, 4.69) is 41.6 Å². The van der Waals surface area contributed by atoms with Gasteiger partial charge < -0.3 is 4.90 Å². The fraction of sp³-hybridized carbons (Fsp3) is 0.462. The van der Waals surface area contributed by atoms with E-state index in [9.17, 15) is 4.79 Å². The summed E-state index contributed by atoms with van der Waals surface area (Å²) in [5, 5.41) is 0. The Morgan fingerprint density at radius 1 is 1.44 bits per heavy atom. The van der Waals surface area contributed by atoms with Crippen LogP contribution >= 0.6 is 22.6 Å². The second-order valence-corrected chi connectivity index (χ2v) is 5.24. The van der Waals surface area contributed by atoms with Crippen molar-refractivity contribution in [3.63, 3.8) is 0 Å². The van der Waals surface area contributed by atoms with E-state index in [0.29, 0.717) is 11.8 Å². The molecule has 0 aromatic heterocycles. The second-order valence-electron chi connectivity index (χ2n) is 4.36. The molecular weight excluding hydrogens is 313 g/mol. The van der Waals surface area contributed by atoms with Gasteiger partial charge in [0.15, 0.2) is 0 Å². The van der Waals surface area contributed by atoms with Crippen LogP contribution in [0.2, 0.25) is 0 Å². The molecule has 1 fully saturated rings. The molecule has 0 saturated carbocycles. The second kappa shape index (κ2) is 5.17. The molecule has 1 aliphatic heterocycles. The van der Waals surface area contributed by atoms with Crippen molar-refractivity contribution in [1.29, 1.82) is 0 Å². The third kappa shape index (κ3) is 2.39. The summed E-state index contributed by atoms with van der Waals surface area (Å²) < 4.78 is 1.07. The maximum atomic E-state index is 11.9. The summed E-state index contributed by atoms with van der Waals surface area (Å²) in [6.45, 7) is 3.03. The number of likely N-dealkylation sites (tertiary alicyclic amines) is 1. The molecule has 2 atom stereocenters. The van der Waals surface area contributed by atoms with E-state index in [0.717, 1.165) is 17.4 Å². The molecule has 16 heavy (non-hydrogen) atoms. The molecule has 1 aliphatic rings. The van der Waals surface area contributed by atoms with Crippen molar-refractivity contribution >= 4 is 28.5 Å². The average molecular weight is 329 g/mol. The van der Waals surface area contributed by atoms with E-state index in [1.165, 1.54) is 5.56 Å². The Bertz CT molecular complexity index is 365. The molecule has 3 heteroatoms. The lowest BCUT2D eigenvalue weighted by molar-refractivity contribution is -0.129. The van der Waals surface area contributed by atoms with Crippen molar-refractivity contribution in [3.8, 4) is 0 Å². The van der Waals surface area contributed by atoms with Crippen molar-refractivity contribution in [2.75, 3.05) is 11.0 Å². The van der Waals surface area contributed by atoms with Gasteiger partial charge in [0.25, 0.3) is 0 Å². The summed E-state index contributed by atoms with van der Waals surface area (Å²) in [6, 6.07) is 10.5. The summed E-state index contributed by atoms with van der Waals surface area (Å²) in [5.74, 6) is 0.845.